The van der Waals surface area contributed by atoms with Gasteiger partial charge in [-0.05, 0) is 89.6 Å². The third kappa shape index (κ3) is 7.48. The molecule has 2 aromatic carbocycles. The Balaban J connectivity index is 1.30. The van der Waals surface area contributed by atoms with Crippen molar-refractivity contribution >= 4 is 46.8 Å². The standard InChI is InChI=1S/C32H37Cl3N4O4/c1-19-28(37-39(26-10-9-23(34)17-25(26)35)29(19)21-5-7-22(33)8-6-21)30(40)38-14-11-20(12-15-38)27-18-24(13-16-42-27)36-31(41)43-32(2,3)4/h5-10,17,20,24,27H,11-16,18H2,1-4H3,(H,36,41). The van der Waals surface area contributed by atoms with E-state index in [9.17, 15) is 9.59 Å². The van der Waals surface area contributed by atoms with E-state index >= 15 is 0 Å². The van der Waals surface area contributed by atoms with Crippen LogP contribution in [0.2, 0.25) is 15.1 Å². The summed E-state index contributed by atoms with van der Waals surface area (Å²) in [7, 11) is 0. The van der Waals surface area contributed by atoms with Crippen LogP contribution in [0.15, 0.2) is 42.5 Å². The Labute approximate surface area is 267 Å². The van der Waals surface area contributed by atoms with Crippen LogP contribution in [0.5, 0.6) is 0 Å². The molecule has 2 atom stereocenters. The minimum absolute atomic E-state index is 0.00542. The van der Waals surface area contributed by atoms with Crippen molar-refractivity contribution in [2.45, 2.75) is 71.1 Å². The maximum absolute atomic E-state index is 13.9. The lowest BCUT2D eigenvalue weighted by molar-refractivity contribution is -0.0473. The number of piperidine rings is 1. The third-order valence-corrected chi connectivity index (χ3v) is 8.76. The van der Waals surface area contributed by atoms with Crippen molar-refractivity contribution < 1.29 is 19.1 Å². The molecule has 5 rings (SSSR count). The lowest BCUT2D eigenvalue weighted by atomic mass is 9.86. The number of hydrogen-bond donors (Lipinski definition) is 1. The minimum atomic E-state index is -0.543. The second kappa shape index (κ2) is 13.1. The smallest absolute Gasteiger partial charge is 0.407 e. The van der Waals surface area contributed by atoms with E-state index in [2.05, 4.69) is 5.32 Å². The molecule has 0 spiro atoms. The van der Waals surface area contributed by atoms with Crippen molar-refractivity contribution in [3.63, 3.8) is 0 Å². The van der Waals surface area contributed by atoms with Crippen molar-refractivity contribution in [1.29, 1.82) is 0 Å². The molecule has 8 nitrogen and oxygen atoms in total. The number of aromatic nitrogens is 2. The van der Waals surface area contributed by atoms with Crippen LogP contribution >= 0.6 is 34.8 Å². The normalized spacial score (nSPS) is 19.7. The lowest BCUT2D eigenvalue weighted by Crippen LogP contribution is -2.48. The fourth-order valence-electron chi connectivity index (χ4n) is 5.86. The third-order valence-electron chi connectivity index (χ3n) is 7.97. The second-order valence-electron chi connectivity index (χ2n) is 12.2. The number of likely N-dealkylation sites (tertiary alicyclic amines) is 1. The highest BCUT2D eigenvalue weighted by Crippen LogP contribution is 2.35. The molecule has 0 aliphatic carbocycles. The predicted octanol–water partition coefficient (Wildman–Crippen LogP) is 7.73. The number of rotatable bonds is 5. The maximum Gasteiger partial charge on any atom is 0.407 e. The molecule has 2 amide bonds. The Bertz CT molecular complexity index is 1480. The molecule has 2 fully saturated rings. The molecule has 3 heterocycles. The van der Waals surface area contributed by atoms with Crippen LogP contribution in [0, 0.1) is 12.8 Å². The van der Waals surface area contributed by atoms with Crippen LogP contribution in [0.4, 0.5) is 4.79 Å². The molecule has 1 aromatic heterocycles. The van der Waals surface area contributed by atoms with E-state index in [1.807, 2.05) is 56.9 Å². The number of ether oxygens (including phenoxy) is 2. The van der Waals surface area contributed by atoms with Crippen LogP contribution in [0.1, 0.15) is 62.5 Å². The molecular formula is C32H37Cl3N4O4. The van der Waals surface area contributed by atoms with E-state index in [-0.39, 0.29) is 18.1 Å². The quantitative estimate of drug-likeness (QED) is 0.306. The number of carbonyl (C=O) groups is 2. The number of alkyl carbamates (subject to hydrolysis) is 1. The number of nitrogens with zero attached hydrogens (tertiary/aromatic N) is 3. The Morgan fingerprint density at radius 3 is 2.33 bits per heavy atom. The lowest BCUT2D eigenvalue weighted by Gasteiger charge is -2.39. The summed E-state index contributed by atoms with van der Waals surface area (Å²) in [5.74, 6) is 0.174. The largest absolute Gasteiger partial charge is 0.444 e. The summed E-state index contributed by atoms with van der Waals surface area (Å²) in [5, 5.41) is 9.36. The van der Waals surface area contributed by atoms with Gasteiger partial charge in [0.1, 0.15) is 5.60 Å². The predicted molar refractivity (Wildman–Crippen MR) is 170 cm³/mol. The van der Waals surface area contributed by atoms with Gasteiger partial charge in [-0.2, -0.15) is 5.10 Å². The molecule has 43 heavy (non-hydrogen) atoms. The van der Waals surface area contributed by atoms with Gasteiger partial charge in [-0.1, -0.05) is 46.9 Å². The summed E-state index contributed by atoms with van der Waals surface area (Å²) >= 11 is 18.9. The maximum atomic E-state index is 13.9. The second-order valence-corrected chi connectivity index (χ2v) is 13.5. The van der Waals surface area contributed by atoms with E-state index in [0.29, 0.717) is 52.1 Å². The summed E-state index contributed by atoms with van der Waals surface area (Å²) in [6.07, 6.45) is 2.72. The zero-order valence-corrected chi connectivity index (χ0v) is 27.1. The van der Waals surface area contributed by atoms with Crippen LogP contribution in [-0.2, 0) is 9.47 Å². The molecule has 0 saturated carbocycles. The van der Waals surface area contributed by atoms with E-state index in [0.717, 1.165) is 42.5 Å². The van der Waals surface area contributed by atoms with Crippen LogP contribution in [0.25, 0.3) is 16.9 Å². The zero-order chi connectivity index (χ0) is 30.9. The Morgan fingerprint density at radius 2 is 1.67 bits per heavy atom. The Kier molecular flexibility index (Phi) is 9.61. The fourth-order valence-corrected chi connectivity index (χ4v) is 6.47. The Hall–Kier alpha value is -2.78. The van der Waals surface area contributed by atoms with Gasteiger partial charge in [-0.15, -0.1) is 0 Å². The first kappa shape index (κ1) is 31.6. The molecular weight excluding hydrogens is 611 g/mol. The Morgan fingerprint density at radius 1 is 1.00 bits per heavy atom. The van der Waals surface area contributed by atoms with Crippen molar-refractivity contribution in [1.82, 2.24) is 20.0 Å². The molecule has 2 unspecified atom stereocenters. The first-order valence-electron chi connectivity index (χ1n) is 14.6. The number of hydrogen-bond acceptors (Lipinski definition) is 5. The molecule has 230 valence electrons. The van der Waals surface area contributed by atoms with Crippen LogP contribution < -0.4 is 5.32 Å². The summed E-state index contributed by atoms with van der Waals surface area (Å²) in [5.41, 5.74) is 2.84. The molecule has 0 bridgehead atoms. The van der Waals surface area contributed by atoms with E-state index in [1.165, 1.54) is 0 Å². The topological polar surface area (TPSA) is 85.7 Å². The van der Waals surface area contributed by atoms with Gasteiger partial charge in [-0.3, -0.25) is 4.79 Å². The molecule has 2 aliphatic rings. The fraction of sp³-hybridized carbons (Fsp3) is 0.469. The number of benzene rings is 2. The van der Waals surface area contributed by atoms with Gasteiger partial charge >= 0.3 is 6.09 Å². The van der Waals surface area contributed by atoms with Crippen molar-refractivity contribution in [3.05, 3.63) is 68.8 Å². The van der Waals surface area contributed by atoms with E-state index in [4.69, 9.17) is 49.4 Å². The van der Waals surface area contributed by atoms with Crippen molar-refractivity contribution in [3.8, 4) is 16.9 Å². The highest BCUT2D eigenvalue weighted by molar-refractivity contribution is 6.35. The highest BCUT2D eigenvalue weighted by atomic mass is 35.5. The first-order chi connectivity index (χ1) is 20.4. The number of carbonyl (C=O) groups excluding carboxylic acids is 2. The first-order valence-corrected chi connectivity index (χ1v) is 15.7. The molecule has 3 aromatic rings. The van der Waals surface area contributed by atoms with Gasteiger partial charge in [0.15, 0.2) is 5.69 Å². The van der Waals surface area contributed by atoms with Gasteiger partial charge < -0.3 is 19.7 Å². The number of amides is 2. The summed E-state index contributed by atoms with van der Waals surface area (Å²) in [6, 6.07) is 12.6. The summed E-state index contributed by atoms with van der Waals surface area (Å²) < 4.78 is 13.3. The van der Waals surface area contributed by atoms with Crippen LogP contribution in [0.3, 0.4) is 0 Å². The van der Waals surface area contributed by atoms with Gasteiger partial charge in [0, 0.05) is 46.9 Å². The van der Waals surface area contributed by atoms with Gasteiger partial charge in [-0.25, -0.2) is 9.48 Å². The van der Waals surface area contributed by atoms with Crippen molar-refractivity contribution in [2.24, 2.45) is 5.92 Å². The van der Waals surface area contributed by atoms with Crippen LogP contribution in [-0.4, -0.2) is 64.1 Å². The van der Waals surface area contributed by atoms with Gasteiger partial charge in [0.25, 0.3) is 5.91 Å². The molecule has 2 saturated heterocycles. The minimum Gasteiger partial charge on any atom is -0.444 e. The molecule has 1 N–H and O–H groups in total. The van der Waals surface area contributed by atoms with E-state index in [1.54, 1.807) is 22.9 Å². The highest BCUT2D eigenvalue weighted by Gasteiger charge is 2.35. The monoisotopic (exact) mass is 646 g/mol. The number of nitrogens with one attached hydrogen (secondary N) is 1. The summed E-state index contributed by atoms with van der Waals surface area (Å²) in [6.45, 7) is 9.24. The van der Waals surface area contributed by atoms with Gasteiger partial charge in [0.2, 0.25) is 0 Å². The molecule has 2 aliphatic heterocycles. The van der Waals surface area contributed by atoms with E-state index < -0.39 is 11.7 Å². The van der Waals surface area contributed by atoms with Crippen molar-refractivity contribution in [2.75, 3.05) is 19.7 Å². The number of halogens is 3. The average molecular weight is 648 g/mol. The average Bonchev–Trinajstić information content (AvgIpc) is 3.28. The molecule has 0 radical (unpaired) electrons. The van der Waals surface area contributed by atoms with Gasteiger partial charge in [0.05, 0.1) is 22.5 Å². The zero-order valence-electron chi connectivity index (χ0n) is 24.8. The summed E-state index contributed by atoms with van der Waals surface area (Å²) in [4.78, 5) is 28.1. The SMILES string of the molecule is Cc1c(C(=O)N2CCC(C3CC(NC(=O)OC(C)(C)C)CCO3)CC2)nn(-c2ccc(Cl)cc2Cl)c1-c1ccc(Cl)cc1. The molecule has 11 heteroatoms.